The molecule has 1 amide bonds. The summed E-state index contributed by atoms with van der Waals surface area (Å²) in [6.45, 7) is 0. The van der Waals surface area contributed by atoms with Crippen molar-refractivity contribution in [2.75, 3.05) is 0 Å². The number of amides is 1. The van der Waals surface area contributed by atoms with Gasteiger partial charge in [0, 0.05) is 10.3 Å². The third-order valence-corrected chi connectivity index (χ3v) is 7.43. The van der Waals surface area contributed by atoms with Crippen molar-refractivity contribution in [3.63, 3.8) is 0 Å². The first-order chi connectivity index (χ1) is 17.1. The summed E-state index contributed by atoms with van der Waals surface area (Å²) >= 11 is 2.76. The fourth-order valence-electron chi connectivity index (χ4n) is 3.93. The Morgan fingerprint density at radius 1 is 1.00 bits per heavy atom. The average Bonchev–Trinajstić information content (AvgIpc) is 3.49. The number of nitrogens with one attached hydrogen (secondary N) is 1. The highest BCUT2D eigenvalue weighted by atomic mass is 32.2. The Morgan fingerprint density at radius 2 is 1.80 bits per heavy atom. The van der Waals surface area contributed by atoms with E-state index in [1.54, 1.807) is 29.2 Å². The van der Waals surface area contributed by atoms with Gasteiger partial charge in [-0.3, -0.25) is 15.1 Å². The summed E-state index contributed by atoms with van der Waals surface area (Å²) < 4.78 is 19.4. The van der Waals surface area contributed by atoms with Crippen LogP contribution in [-0.2, 0) is 4.79 Å². The molecule has 1 N–H and O–H groups in total. The molecule has 0 saturated carbocycles. The van der Waals surface area contributed by atoms with Gasteiger partial charge < -0.3 is 4.42 Å². The highest BCUT2D eigenvalue weighted by molar-refractivity contribution is 8.17. The number of nitrogens with zero attached hydrogens (tertiary/aromatic N) is 2. The predicted molar refractivity (Wildman–Crippen MR) is 139 cm³/mol. The normalized spacial score (nSPS) is 16.6. The largest absolute Gasteiger partial charge is 0.450 e. The molecule has 0 bridgehead atoms. The van der Waals surface area contributed by atoms with Gasteiger partial charge in [0.05, 0.1) is 11.3 Å². The van der Waals surface area contributed by atoms with E-state index in [1.807, 2.05) is 35.7 Å². The van der Waals surface area contributed by atoms with E-state index in [4.69, 9.17) is 9.83 Å². The predicted octanol–water partition coefficient (Wildman–Crippen LogP) is 7.03. The van der Waals surface area contributed by atoms with Crippen molar-refractivity contribution in [2.45, 2.75) is 9.99 Å². The number of hydrogen-bond donors (Lipinski definition) is 1. The van der Waals surface area contributed by atoms with Crippen LogP contribution in [0.3, 0.4) is 0 Å². The van der Waals surface area contributed by atoms with Crippen molar-refractivity contribution in [1.82, 2.24) is 4.90 Å². The van der Waals surface area contributed by atoms with Crippen molar-refractivity contribution in [3.8, 4) is 0 Å². The molecular weight excluding hydrogens is 481 g/mol. The third-order valence-electron chi connectivity index (χ3n) is 5.60. The summed E-state index contributed by atoms with van der Waals surface area (Å²) in [4.78, 5) is 19.5. The first-order valence-corrected chi connectivity index (χ1v) is 12.4. The van der Waals surface area contributed by atoms with Crippen LogP contribution in [0, 0.1) is 11.2 Å². The Balaban J connectivity index is 1.28. The van der Waals surface area contributed by atoms with Crippen LogP contribution >= 0.6 is 23.5 Å². The summed E-state index contributed by atoms with van der Waals surface area (Å²) in [5, 5.41) is 13.9. The molecule has 0 radical (unpaired) electrons. The van der Waals surface area contributed by atoms with Crippen molar-refractivity contribution in [3.05, 3.63) is 107 Å². The fourth-order valence-corrected chi connectivity index (χ4v) is 5.75. The average molecular weight is 498 g/mol. The van der Waals surface area contributed by atoms with Gasteiger partial charge in [-0.2, -0.15) is 4.99 Å². The first kappa shape index (κ1) is 21.6. The molecule has 0 atom stereocenters. The number of carbonyl (C=O) groups excluding carboxylic acids is 1. The minimum absolute atomic E-state index is 0.000214. The molecule has 4 aromatic rings. The van der Waals surface area contributed by atoms with Crippen LogP contribution in [0.15, 0.2) is 109 Å². The highest BCUT2D eigenvalue weighted by Gasteiger charge is 2.36. The van der Waals surface area contributed by atoms with Crippen LogP contribution in [-0.4, -0.2) is 21.8 Å². The van der Waals surface area contributed by atoms with Gasteiger partial charge in [-0.15, -0.1) is 0 Å². The number of hydrogen-bond acceptors (Lipinski definition) is 5. The molecule has 35 heavy (non-hydrogen) atoms. The second kappa shape index (κ2) is 8.72. The molecule has 3 heterocycles. The summed E-state index contributed by atoms with van der Waals surface area (Å²) in [5.74, 6) is -0.380. The maximum atomic E-state index is 13.4. The second-order valence-corrected chi connectivity index (χ2v) is 9.69. The van der Waals surface area contributed by atoms with Gasteiger partial charge in [0.1, 0.15) is 17.4 Å². The van der Waals surface area contributed by atoms with Crippen LogP contribution in [0.5, 0.6) is 0 Å². The second-order valence-electron chi connectivity index (χ2n) is 7.81. The SMILES string of the molecule is N=C1/C(=C/c2ccc(Sc3cccc4ccccc34)o2)C(=O)N=C2SC=C(c3ccc(F)cc3)N12. The third kappa shape index (κ3) is 4.00. The molecule has 0 fully saturated rings. The Kier molecular flexibility index (Phi) is 5.39. The molecule has 170 valence electrons. The van der Waals surface area contributed by atoms with Crippen LogP contribution in [0.4, 0.5) is 4.39 Å². The highest BCUT2D eigenvalue weighted by Crippen LogP contribution is 2.38. The number of rotatable bonds is 4. The van der Waals surface area contributed by atoms with Crippen molar-refractivity contribution >= 4 is 63.0 Å². The van der Waals surface area contributed by atoms with Crippen LogP contribution in [0.25, 0.3) is 22.5 Å². The maximum absolute atomic E-state index is 13.4. The number of thioether (sulfide) groups is 1. The van der Waals surface area contributed by atoms with E-state index in [0.717, 1.165) is 21.2 Å². The van der Waals surface area contributed by atoms with Crippen LogP contribution < -0.4 is 0 Å². The fraction of sp³-hybridized carbons (Fsp3) is 0. The Morgan fingerprint density at radius 3 is 2.66 bits per heavy atom. The topological polar surface area (TPSA) is 69.7 Å². The molecule has 0 saturated heterocycles. The van der Waals surface area contributed by atoms with E-state index in [2.05, 4.69) is 23.2 Å². The maximum Gasteiger partial charge on any atom is 0.283 e. The standard InChI is InChI=1S/C27H16FN3O2S2/c28-18-10-8-17(9-11-18)22-15-34-27-30-26(32)21(25(29)31(22)27)14-19-12-13-24(33-19)35-23-7-3-5-16-4-1-2-6-20(16)23/h1-15,29H/b21-14-,29-25?. The molecule has 6 rings (SSSR count). The van der Waals surface area contributed by atoms with Gasteiger partial charge in [0.25, 0.3) is 5.91 Å². The van der Waals surface area contributed by atoms with Gasteiger partial charge in [-0.1, -0.05) is 59.9 Å². The molecule has 3 aromatic carbocycles. The lowest BCUT2D eigenvalue weighted by molar-refractivity contribution is -0.114. The number of benzene rings is 3. The zero-order chi connectivity index (χ0) is 23.9. The number of carbonyl (C=O) groups is 1. The molecule has 1 aromatic heterocycles. The van der Waals surface area contributed by atoms with E-state index >= 15 is 0 Å². The van der Waals surface area contributed by atoms with Crippen molar-refractivity contribution in [1.29, 1.82) is 5.41 Å². The Hall–Kier alpha value is -3.88. The summed E-state index contributed by atoms with van der Waals surface area (Å²) in [5.41, 5.74) is 1.53. The zero-order valence-electron chi connectivity index (χ0n) is 18.1. The summed E-state index contributed by atoms with van der Waals surface area (Å²) in [6.07, 6.45) is 1.55. The lowest BCUT2D eigenvalue weighted by Crippen LogP contribution is -2.38. The smallest absolute Gasteiger partial charge is 0.283 e. The van der Waals surface area contributed by atoms with Gasteiger partial charge >= 0.3 is 0 Å². The van der Waals surface area contributed by atoms with Crippen molar-refractivity contribution < 1.29 is 13.6 Å². The number of aliphatic imine (C=N–C) groups is 1. The molecule has 0 aliphatic carbocycles. The molecule has 8 heteroatoms. The van der Waals surface area contributed by atoms with Crippen molar-refractivity contribution in [2.24, 2.45) is 4.99 Å². The minimum atomic E-state index is -0.498. The summed E-state index contributed by atoms with van der Waals surface area (Å²) in [6, 6.07) is 23.9. The molecule has 2 aliphatic rings. The quantitative estimate of drug-likeness (QED) is 0.307. The van der Waals surface area contributed by atoms with Gasteiger partial charge in [-0.25, -0.2) is 4.39 Å². The number of furan rings is 1. The van der Waals surface area contributed by atoms with E-state index in [1.165, 1.54) is 35.7 Å². The van der Waals surface area contributed by atoms with Gasteiger partial charge in [-0.05, 0) is 64.9 Å². The lowest BCUT2D eigenvalue weighted by Gasteiger charge is -2.26. The van der Waals surface area contributed by atoms with Crippen LogP contribution in [0.2, 0.25) is 0 Å². The molecular formula is C27H16FN3O2S2. The van der Waals surface area contributed by atoms with Gasteiger partial charge in [0.15, 0.2) is 10.3 Å². The first-order valence-electron chi connectivity index (χ1n) is 10.7. The van der Waals surface area contributed by atoms with E-state index in [9.17, 15) is 9.18 Å². The Bertz CT molecular complexity index is 1600. The Labute approximate surface area is 208 Å². The molecule has 5 nitrogen and oxygen atoms in total. The summed E-state index contributed by atoms with van der Waals surface area (Å²) in [7, 11) is 0. The molecule has 0 unspecified atom stereocenters. The van der Waals surface area contributed by atoms with E-state index < -0.39 is 5.91 Å². The zero-order valence-corrected chi connectivity index (χ0v) is 19.7. The number of amidine groups is 2. The molecule has 2 aliphatic heterocycles. The van der Waals surface area contributed by atoms with E-state index in [0.29, 0.717) is 21.7 Å². The van der Waals surface area contributed by atoms with Crippen LogP contribution in [0.1, 0.15) is 11.3 Å². The van der Waals surface area contributed by atoms with Gasteiger partial charge in [0.2, 0.25) is 0 Å². The molecule has 0 spiro atoms. The lowest BCUT2D eigenvalue weighted by atomic mass is 10.1. The monoisotopic (exact) mass is 497 g/mol. The van der Waals surface area contributed by atoms with E-state index in [-0.39, 0.29) is 17.2 Å². The minimum Gasteiger partial charge on any atom is -0.450 e. The number of halogens is 1. The number of fused-ring (bicyclic) bond motifs is 2.